The average Bonchev–Trinajstić information content (AvgIpc) is 3.03. The van der Waals surface area contributed by atoms with Gasteiger partial charge in [0.2, 0.25) is 5.95 Å². The summed E-state index contributed by atoms with van der Waals surface area (Å²) in [5.74, 6) is 0.163. The van der Waals surface area contributed by atoms with Crippen LogP contribution in [0.3, 0.4) is 0 Å². The molecule has 5 aromatic rings. The van der Waals surface area contributed by atoms with E-state index in [9.17, 15) is 9.59 Å². The molecule has 216 valence electrons. The zero-order valence-corrected chi connectivity index (χ0v) is 23.5. The summed E-state index contributed by atoms with van der Waals surface area (Å²) in [7, 11) is 0. The molecule has 0 radical (unpaired) electrons. The van der Waals surface area contributed by atoms with E-state index in [0.29, 0.717) is 22.6 Å². The van der Waals surface area contributed by atoms with E-state index >= 15 is 0 Å². The van der Waals surface area contributed by atoms with Gasteiger partial charge >= 0.3 is 24.0 Å². The number of benzene rings is 4. The van der Waals surface area contributed by atoms with Crippen LogP contribution in [-0.4, -0.2) is 40.1 Å². The maximum atomic E-state index is 12.1. The molecule has 1 heterocycles. The van der Waals surface area contributed by atoms with Crippen LogP contribution < -0.4 is 14.4 Å². The van der Waals surface area contributed by atoms with E-state index in [1.165, 1.54) is 0 Å². The fourth-order valence-corrected chi connectivity index (χ4v) is 4.01. The molecule has 0 atom stereocenters. The first kappa shape index (κ1) is 28.7. The van der Waals surface area contributed by atoms with Crippen molar-refractivity contribution in [2.75, 3.05) is 18.1 Å². The number of carbonyl (C=O) groups is 2. The zero-order valence-electron chi connectivity index (χ0n) is 23.5. The van der Waals surface area contributed by atoms with Crippen LogP contribution in [0.5, 0.6) is 23.5 Å². The Balaban J connectivity index is 1.52. The molecule has 43 heavy (non-hydrogen) atoms. The molecule has 0 aliphatic rings. The number of ether oxygens (including phenoxy) is 4. The minimum atomic E-state index is -0.428. The molecule has 1 aromatic heterocycles. The molecule has 0 saturated heterocycles. The first-order chi connectivity index (χ1) is 21.0. The largest absolute Gasteiger partial charge is 0.462 e. The molecule has 10 nitrogen and oxygen atoms in total. The molecule has 0 saturated carbocycles. The second-order valence-corrected chi connectivity index (χ2v) is 8.90. The number of esters is 2. The second kappa shape index (κ2) is 13.7. The highest BCUT2D eigenvalue weighted by molar-refractivity contribution is 5.90. The number of para-hydroxylation sites is 2. The Morgan fingerprint density at radius 1 is 0.558 bits per heavy atom. The third-order valence-electron chi connectivity index (χ3n) is 5.96. The number of hydrogen-bond donors (Lipinski definition) is 0. The van der Waals surface area contributed by atoms with Crippen molar-refractivity contribution in [3.63, 3.8) is 0 Å². The highest BCUT2D eigenvalue weighted by Crippen LogP contribution is 2.34. The molecule has 0 aliphatic carbocycles. The van der Waals surface area contributed by atoms with Crippen LogP contribution in [0.1, 0.15) is 34.6 Å². The van der Waals surface area contributed by atoms with Gasteiger partial charge < -0.3 is 18.9 Å². The standard InChI is InChI=1S/C33H28N4O6/c1-3-40-29(38)23-15-19-27(20-16-23)42-32-34-31(37(25-11-7-5-8-12-25)26-13-9-6-10-14-26)35-33(36-32)43-28-21-17-24(18-22-28)30(39)41-4-2/h5-22H,3-4H2,1-2H3. The Kier molecular flexibility index (Phi) is 9.18. The number of carbonyl (C=O) groups excluding carboxylic acids is 2. The van der Waals surface area contributed by atoms with E-state index in [1.807, 2.05) is 65.6 Å². The first-order valence-corrected chi connectivity index (χ1v) is 13.6. The van der Waals surface area contributed by atoms with Gasteiger partial charge in [0, 0.05) is 11.4 Å². The van der Waals surface area contributed by atoms with Crippen molar-refractivity contribution in [2.24, 2.45) is 0 Å². The third-order valence-corrected chi connectivity index (χ3v) is 5.96. The first-order valence-electron chi connectivity index (χ1n) is 13.6. The van der Waals surface area contributed by atoms with Crippen LogP contribution in [0.2, 0.25) is 0 Å². The summed E-state index contributed by atoms with van der Waals surface area (Å²) in [6, 6.07) is 32.0. The lowest BCUT2D eigenvalue weighted by molar-refractivity contribution is 0.0516. The molecule has 0 aliphatic heterocycles. The van der Waals surface area contributed by atoms with Crippen molar-refractivity contribution in [1.82, 2.24) is 15.0 Å². The van der Waals surface area contributed by atoms with E-state index in [-0.39, 0.29) is 31.2 Å². The van der Waals surface area contributed by atoms with Crippen LogP contribution in [-0.2, 0) is 9.47 Å². The van der Waals surface area contributed by atoms with Gasteiger partial charge in [-0.05, 0) is 86.6 Å². The van der Waals surface area contributed by atoms with Gasteiger partial charge in [0.25, 0.3) is 0 Å². The molecule has 0 spiro atoms. The normalized spacial score (nSPS) is 10.5. The summed E-state index contributed by atoms with van der Waals surface area (Å²) >= 11 is 0. The van der Waals surface area contributed by atoms with Gasteiger partial charge in [0.05, 0.1) is 24.3 Å². The number of anilines is 3. The Labute approximate surface area is 248 Å². The third kappa shape index (κ3) is 7.31. The van der Waals surface area contributed by atoms with Crippen molar-refractivity contribution in [3.05, 3.63) is 120 Å². The van der Waals surface area contributed by atoms with Gasteiger partial charge in [-0.2, -0.15) is 9.97 Å². The fraction of sp³-hybridized carbons (Fsp3) is 0.121. The minimum absolute atomic E-state index is 0.0381. The summed E-state index contributed by atoms with van der Waals surface area (Å²) < 4.78 is 22.1. The van der Waals surface area contributed by atoms with Crippen molar-refractivity contribution in [1.29, 1.82) is 0 Å². The number of hydrogen-bond acceptors (Lipinski definition) is 10. The Morgan fingerprint density at radius 2 is 0.953 bits per heavy atom. The van der Waals surface area contributed by atoms with Crippen LogP contribution in [0.25, 0.3) is 0 Å². The fourth-order valence-electron chi connectivity index (χ4n) is 4.01. The topological polar surface area (TPSA) is 113 Å². The van der Waals surface area contributed by atoms with Crippen molar-refractivity contribution in [3.8, 4) is 23.5 Å². The predicted octanol–water partition coefficient (Wildman–Crippen LogP) is 7.28. The number of aromatic nitrogens is 3. The summed E-state index contributed by atoms with van der Waals surface area (Å²) in [6.07, 6.45) is 0. The molecule has 0 unspecified atom stereocenters. The van der Waals surface area contributed by atoms with Crippen LogP contribution in [0.4, 0.5) is 17.3 Å². The van der Waals surface area contributed by atoms with E-state index < -0.39 is 11.9 Å². The van der Waals surface area contributed by atoms with Gasteiger partial charge in [0.1, 0.15) is 11.5 Å². The molecule has 5 rings (SSSR count). The number of nitrogens with zero attached hydrogens (tertiary/aromatic N) is 4. The lowest BCUT2D eigenvalue weighted by atomic mass is 10.2. The monoisotopic (exact) mass is 576 g/mol. The average molecular weight is 577 g/mol. The Bertz CT molecular complexity index is 1540. The van der Waals surface area contributed by atoms with Crippen LogP contribution >= 0.6 is 0 Å². The van der Waals surface area contributed by atoms with E-state index in [2.05, 4.69) is 15.0 Å². The maximum absolute atomic E-state index is 12.1. The zero-order chi connectivity index (χ0) is 30.0. The summed E-state index contributed by atoms with van der Waals surface area (Å²) in [4.78, 5) is 39.6. The van der Waals surface area contributed by atoms with Crippen molar-refractivity contribution < 1.29 is 28.5 Å². The van der Waals surface area contributed by atoms with E-state index in [4.69, 9.17) is 18.9 Å². The summed E-state index contributed by atoms with van der Waals surface area (Å²) in [5.41, 5.74) is 2.38. The van der Waals surface area contributed by atoms with Gasteiger partial charge in [0.15, 0.2) is 0 Å². The molecule has 0 N–H and O–H groups in total. The molecule has 0 bridgehead atoms. The SMILES string of the molecule is CCOC(=O)c1ccc(Oc2nc(Oc3ccc(C(=O)OCC)cc3)nc(N(c3ccccc3)c3ccccc3)n2)cc1. The van der Waals surface area contributed by atoms with Crippen molar-refractivity contribution >= 4 is 29.3 Å². The maximum Gasteiger partial charge on any atom is 0.338 e. The molecule has 0 fully saturated rings. The van der Waals surface area contributed by atoms with Gasteiger partial charge in [-0.25, -0.2) is 9.59 Å². The Hall–Kier alpha value is -5.77. The lowest BCUT2D eigenvalue weighted by Crippen LogP contribution is -2.14. The van der Waals surface area contributed by atoms with E-state index in [1.54, 1.807) is 62.4 Å². The minimum Gasteiger partial charge on any atom is -0.462 e. The molecular formula is C33H28N4O6. The molecular weight excluding hydrogens is 548 g/mol. The molecule has 10 heteroatoms. The number of rotatable bonds is 11. The Morgan fingerprint density at radius 3 is 1.33 bits per heavy atom. The van der Waals surface area contributed by atoms with Crippen LogP contribution in [0, 0.1) is 0 Å². The quantitative estimate of drug-likeness (QED) is 0.149. The van der Waals surface area contributed by atoms with Crippen molar-refractivity contribution in [2.45, 2.75) is 13.8 Å². The van der Waals surface area contributed by atoms with Crippen LogP contribution in [0.15, 0.2) is 109 Å². The highest BCUT2D eigenvalue weighted by atomic mass is 16.5. The smallest absolute Gasteiger partial charge is 0.338 e. The second-order valence-electron chi connectivity index (χ2n) is 8.90. The van der Waals surface area contributed by atoms with E-state index in [0.717, 1.165) is 11.4 Å². The van der Waals surface area contributed by atoms with Gasteiger partial charge in [-0.1, -0.05) is 36.4 Å². The van der Waals surface area contributed by atoms with Gasteiger partial charge in [-0.15, -0.1) is 4.98 Å². The summed E-state index contributed by atoms with van der Waals surface area (Å²) in [5, 5.41) is 0. The molecule has 4 aromatic carbocycles. The lowest BCUT2D eigenvalue weighted by Gasteiger charge is -2.23. The van der Waals surface area contributed by atoms with Gasteiger partial charge in [-0.3, -0.25) is 4.90 Å². The predicted molar refractivity (Wildman–Crippen MR) is 159 cm³/mol. The molecule has 0 amide bonds. The highest BCUT2D eigenvalue weighted by Gasteiger charge is 2.20. The summed E-state index contributed by atoms with van der Waals surface area (Å²) in [6.45, 7) is 4.05.